The zero-order chi connectivity index (χ0) is 14.8. The van der Waals surface area contributed by atoms with Crippen molar-refractivity contribution in [3.63, 3.8) is 0 Å². The predicted octanol–water partition coefficient (Wildman–Crippen LogP) is 0.832. The monoisotopic (exact) mass is 282 g/mol. The van der Waals surface area contributed by atoms with E-state index in [0.717, 1.165) is 16.6 Å². The second kappa shape index (κ2) is 5.59. The summed E-state index contributed by atoms with van der Waals surface area (Å²) >= 11 is 0. The van der Waals surface area contributed by atoms with Crippen molar-refractivity contribution in [2.75, 3.05) is 0 Å². The molecule has 0 unspecified atom stereocenters. The molecular formula is C15H15BN2O3. The molecule has 0 saturated heterocycles. The number of ether oxygens (including phenoxy) is 1. The standard InChI is InChI=1S/C15H15BN2O3/c1-18-14-8-4-2-6-11(14)13(17-18)10-21-15-9-5-3-7-12(15)16(19)20/h2-9,19-20H,10H2,1H3. The van der Waals surface area contributed by atoms with Gasteiger partial charge in [-0.1, -0.05) is 36.4 Å². The van der Waals surface area contributed by atoms with Gasteiger partial charge in [0.1, 0.15) is 18.1 Å². The largest absolute Gasteiger partial charge is 0.492 e. The van der Waals surface area contributed by atoms with Crippen LogP contribution < -0.4 is 10.2 Å². The Kier molecular flexibility index (Phi) is 3.64. The van der Waals surface area contributed by atoms with Gasteiger partial charge in [-0.15, -0.1) is 0 Å². The van der Waals surface area contributed by atoms with Gasteiger partial charge >= 0.3 is 7.12 Å². The van der Waals surface area contributed by atoms with Crippen LogP contribution in [0.1, 0.15) is 5.69 Å². The van der Waals surface area contributed by atoms with Gasteiger partial charge in [0.15, 0.2) is 0 Å². The Bertz CT molecular complexity index is 770. The summed E-state index contributed by atoms with van der Waals surface area (Å²) in [4.78, 5) is 0. The van der Waals surface area contributed by atoms with Crippen molar-refractivity contribution in [3.8, 4) is 5.75 Å². The van der Waals surface area contributed by atoms with Crippen LogP contribution in [0.15, 0.2) is 48.5 Å². The molecule has 2 N–H and O–H groups in total. The van der Waals surface area contributed by atoms with Crippen LogP contribution in [0.3, 0.4) is 0 Å². The minimum absolute atomic E-state index is 0.269. The summed E-state index contributed by atoms with van der Waals surface area (Å²) in [5.41, 5.74) is 2.19. The molecule has 1 heterocycles. The smallest absolute Gasteiger partial charge is 0.488 e. The van der Waals surface area contributed by atoms with Crippen LogP contribution in [-0.4, -0.2) is 26.9 Å². The Balaban J connectivity index is 1.88. The number of para-hydroxylation sites is 2. The normalized spacial score (nSPS) is 10.8. The zero-order valence-corrected chi connectivity index (χ0v) is 11.6. The maximum absolute atomic E-state index is 9.33. The average molecular weight is 282 g/mol. The average Bonchev–Trinajstić information content (AvgIpc) is 2.82. The Labute approximate surface area is 122 Å². The molecule has 3 aromatic rings. The molecule has 0 spiro atoms. The summed E-state index contributed by atoms with van der Waals surface area (Å²) < 4.78 is 7.52. The molecule has 106 valence electrons. The van der Waals surface area contributed by atoms with E-state index in [0.29, 0.717) is 11.2 Å². The topological polar surface area (TPSA) is 67.5 Å². The Morgan fingerprint density at radius 1 is 1.10 bits per heavy atom. The first-order chi connectivity index (χ1) is 10.2. The van der Waals surface area contributed by atoms with Crippen LogP contribution >= 0.6 is 0 Å². The SMILES string of the molecule is Cn1nc(COc2ccccc2B(O)O)c2ccccc21. The fourth-order valence-electron chi connectivity index (χ4n) is 2.37. The number of hydrogen-bond donors (Lipinski definition) is 2. The lowest BCUT2D eigenvalue weighted by Gasteiger charge is -2.09. The highest BCUT2D eigenvalue weighted by Crippen LogP contribution is 2.19. The highest BCUT2D eigenvalue weighted by atomic mass is 16.5. The third kappa shape index (κ3) is 2.63. The Hall–Kier alpha value is -2.31. The van der Waals surface area contributed by atoms with Gasteiger partial charge in [0.05, 0.1) is 5.52 Å². The number of aryl methyl sites for hydroxylation is 1. The molecule has 0 bridgehead atoms. The van der Waals surface area contributed by atoms with E-state index >= 15 is 0 Å². The number of aromatic nitrogens is 2. The lowest BCUT2D eigenvalue weighted by molar-refractivity contribution is 0.302. The quantitative estimate of drug-likeness (QED) is 0.696. The second-order valence-corrected chi connectivity index (χ2v) is 4.79. The zero-order valence-electron chi connectivity index (χ0n) is 11.6. The van der Waals surface area contributed by atoms with Crippen LogP contribution in [-0.2, 0) is 13.7 Å². The van der Waals surface area contributed by atoms with E-state index in [1.54, 1.807) is 28.9 Å². The number of fused-ring (bicyclic) bond motifs is 1. The summed E-state index contributed by atoms with van der Waals surface area (Å²) in [7, 11) is 0.332. The number of hydrogen-bond acceptors (Lipinski definition) is 4. The number of benzene rings is 2. The summed E-state index contributed by atoms with van der Waals surface area (Å²) in [6.07, 6.45) is 0. The van der Waals surface area contributed by atoms with E-state index in [-0.39, 0.29) is 6.61 Å². The minimum Gasteiger partial charge on any atom is -0.488 e. The van der Waals surface area contributed by atoms with Gasteiger partial charge in [0.25, 0.3) is 0 Å². The lowest BCUT2D eigenvalue weighted by atomic mass is 9.79. The van der Waals surface area contributed by atoms with Crippen LogP contribution in [0.5, 0.6) is 5.75 Å². The van der Waals surface area contributed by atoms with Gasteiger partial charge in [-0.05, 0) is 12.1 Å². The van der Waals surface area contributed by atoms with E-state index in [2.05, 4.69) is 5.10 Å². The molecule has 0 fully saturated rings. The van der Waals surface area contributed by atoms with Crippen molar-refractivity contribution in [3.05, 3.63) is 54.2 Å². The molecule has 2 aromatic carbocycles. The van der Waals surface area contributed by atoms with Gasteiger partial charge in [-0.2, -0.15) is 5.10 Å². The third-order valence-corrected chi connectivity index (χ3v) is 3.40. The van der Waals surface area contributed by atoms with Gasteiger partial charge in [0, 0.05) is 17.9 Å². The maximum atomic E-state index is 9.33. The first kappa shape index (κ1) is 13.7. The molecule has 0 aliphatic rings. The highest BCUT2D eigenvalue weighted by molar-refractivity contribution is 6.59. The van der Waals surface area contributed by atoms with Crippen molar-refractivity contribution >= 4 is 23.5 Å². The molecule has 6 heteroatoms. The van der Waals surface area contributed by atoms with E-state index in [1.165, 1.54) is 0 Å². The van der Waals surface area contributed by atoms with Crippen LogP contribution in [0, 0.1) is 0 Å². The first-order valence-corrected chi connectivity index (χ1v) is 6.65. The van der Waals surface area contributed by atoms with E-state index < -0.39 is 7.12 Å². The van der Waals surface area contributed by atoms with Crippen molar-refractivity contribution in [1.29, 1.82) is 0 Å². The van der Waals surface area contributed by atoms with E-state index in [9.17, 15) is 10.0 Å². The summed E-state index contributed by atoms with van der Waals surface area (Å²) in [6.45, 7) is 0.269. The van der Waals surface area contributed by atoms with Gasteiger partial charge in [-0.25, -0.2) is 0 Å². The Morgan fingerprint density at radius 3 is 2.62 bits per heavy atom. The molecule has 0 saturated carbocycles. The minimum atomic E-state index is -1.55. The summed E-state index contributed by atoms with van der Waals surface area (Å²) in [6, 6.07) is 14.8. The van der Waals surface area contributed by atoms with Gasteiger partial charge in [0.2, 0.25) is 0 Å². The van der Waals surface area contributed by atoms with Crippen LogP contribution in [0.4, 0.5) is 0 Å². The van der Waals surface area contributed by atoms with E-state index in [4.69, 9.17) is 4.74 Å². The molecule has 21 heavy (non-hydrogen) atoms. The molecule has 0 radical (unpaired) electrons. The fraction of sp³-hybridized carbons (Fsp3) is 0.133. The second-order valence-electron chi connectivity index (χ2n) is 4.79. The molecule has 1 aromatic heterocycles. The number of nitrogens with zero attached hydrogens (tertiary/aromatic N) is 2. The molecule has 5 nitrogen and oxygen atoms in total. The maximum Gasteiger partial charge on any atom is 0.492 e. The molecule has 0 amide bonds. The first-order valence-electron chi connectivity index (χ1n) is 6.65. The van der Waals surface area contributed by atoms with Crippen molar-refractivity contribution in [2.24, 2.45) is 7.05 Å². The van der Waals surface area contributed by atoms with Crippen molar-refractivity contribution in [1.82, 2.24) is 9.78 Å². The van der Waals surface area contributed by atoms with Gasteiger partial charge in [-0.3, -0.25) is 4.68 Å². The number of rotatable bonds is 4. The molecule has 0 aliphatic carbocycles. The third-order valence-electron chi connectivity index (χ3n) is 3.40. The van der Waals surface area contributed by atoms with Gasteiger partial charge < -0.3 is 14.8 Å². The lowest BCUT2D eigenvalue weighted by Crippen LogP contribution is -2.31. The van der Waals surface area contributed by atoms with Crippen LogP contribution in [0.2, 0.25) is 0 Å². The highest BCUT2D eigenvalue weighted by Gasteiger charge is 2.17. The summed E-state index contributed by atoms with van der Waals surface area (Å²) in [5, 5.41) is 24.1. The summed E-state index contributed by atoms with van der Waals surface area (Å²) in [5.74, 6) is 0.447. The van der Waals surface area contributed by atoms with Crippen molar-refractivity contribution < 1.29 is 14.8 Å². The fourth-order valence-corrected chi connectivity index (χ4v) is 2.37. The molecular weight excluding hydrogens is 267 g/mol. The molecule has 3 rings (SSSR count). The predicted molar refractivity (Wildman–Crippen MR) is 81.3 cm³/mol. The van der Waals surface area contributed by atoms with Crippen molar-refractivity contribution in [2.45, 2.75) is 6.61 Å². The Morgan fingerprint density at radius 2 is 1.81 bits per heavy atom. The molecule has 0 atom stereocenters. The van der Waals surface area contributed by atoms with Crippen LogP contribution in [0.25, 0.3) is 10.9 Å². The molecule has 0 aliphatic heterocycles. The van der Waals surface area contributed by atoms with E-state index in [1.807, 2.05) is 31.3 Å².